The summed E-state index contributed by atoms with van der Waals surface area (Å²) in [5.41, 5.74) is 0.449. The van der Waals surface area contributed by atoms with Crippen molar-refractivity contribution >= 4 is 11.0 Å². The quantitative estimate of drug-likeness (QED) is 0.264. The smallest absolute Gasteiger partial charge is 0.402 e. The molecule has 4 rings (SSSR count). The average Bonchev–Trinajstić information content (AvgIpc) is 2.79. The van der Waals surface area contributed by atoms with Gasteiger partial charge in [0.2, 0.25) is 12.0 Å². The number of hydrogen-bond donors (Lipinski definition) is 7. The molecule has 3 aromatic rings. The summed E-state index contributed by atoms with van der Waals surface area (Å²) >= 11 is 0. The van der Waals surface area contributed by atoms with Crippen molar-refractivity contribution in [1.82, 2.24) is 0 Å². The monoisotopic (exact) mass is 463 g/mol. The van der Waals surface area contributed by atoms with Gasteiger partial charge in [-0.2, -0.15) is 0 Å². The van der Waals surface area contributed by atoms with Crippen LogP contribution in [0.25, 0.3) is 22.3 Å². The molecule has 0 radical (unpaired) electrons. The van der Waals surface area contributed by atoms with Gasteiger partial charge in [-0.3, -0.25) is 0 Å². The molecule has 0 aliphatic carbocycles. The fraction of sp³-hybridized carbons (Fsp3) is 0.318. The number of aromatic hydroxyl groups is 3. The van der Waals surface area contributed by atoms with E-state index in [1.54, 1.807) is 0 Å². The van der Waals surface area contributed by atoms with Gasteiger partial charge in [-0.1, -0.05) is 0 Å². The highest BCUT2D eigenvalue weighted by Crippen LogP contribution is 2.42. The molecule has 7 N–H and O–H groups in total. The highest BCUT2D eigenvalue weighted by molar-refractivity contribution is 5.88. The van der Waals surface area contributed by atoms with E-state index in [0.29, 0.717) is 5.56 Å². The molecule has 2 heterocycles. The molecule has 2 aromatic carbocycles. The van der Waals surface area contributed by atoms with Crippen molar-refractivity contribution in [3.05, 3.63) is 36.4 Å². The molecule has 0 spiro atoms. The van der Waals surface area contributed by atoms with Crippen molar-refractivity contribution < 1.29 is 54.4 Å². The number of phenolic OH excluding ortho intramolecular Hbond substituents is 3. The lowest BCUT2D eigenvalue weighted by Crippen LogP contribution is -2.60. The molecule has 0 bridgehead atoms. The van der Waals surface area contributed by atoms with Gasteiger partial charge in [0.1, 0.15) is 41.3 Å². The maximum atomic E-state index is 10.4. The van der Waals surface area contributed by atoms with Gasteiger partial charge in [0, 0.05) is 18.2 Å². The van der Waals surface area contributed by atoms with Gasteiger partial charge < -0.3 is 50.0 Å². The van der Waals surface area contributed by atoms with Crippen molar-refractivity contribution in [3.63, 3.8) is 0 Å². The molecule has 0 unspecified atom stereocenters. The summed E-state index contributed by atoms with van der Waals surface area (Å²) in [5.74, 6) is -0.583. The summed E-state index contributed by atoms with van der Waals surface area (Å²) in [6.07, 6.45) is -7.65. The van der Waals surface area contributed by atoms with Crippen molar-refractivity contribution in [2.75, 3.05) is 13.7 Å². The van der Waals surface area contributed by atoms with Gasteiger partial charge >= 0.3 is 11.3 Å². The van der Waals surface area contributed by atoms with E-state index in [0.717, 1.165) is 6.07 Å². The van der Waals surface area contributed by atoms with Crippen LogP contribution in [0.4, 0.5) is 0 Å². The molecule has 1 saturated heterocycles. The molecule has 1 aromatic heterocycles. The minimum atomic E-state index is -1.69. The number of hydrogen-bond acceptors (Lipinski definition) is 10. The number of fused-ring (bicyclic) bond motifs is 1. The number of phenols is 3. The van der Waals surface area contributed by atoms with Gasteiger partial charge in [-0.25, -0.2) is 4.42 Å². The van der Waals surface area contributed by atoms with Crippen LogP contribution in [0.15, 0.2) is 40.8 Å². The Morgan fingerprint density at radius 2 is 1.67 bits per heavy atom. The number of ether oxygens (including phenoxy) is 3. The zero-order valence-corrected chi connectivity index (χ0v) is 17.3. The van der Waals surface area contributed by atoms with Gasteiger partial charge in [0.05, 0.1) is 25.3 Å². The van der Waals surface area contributed by atoms with Crippen LogP contribution in [0.3, 0.4) is 0 Å². The van der Waals surface area contributed by atoms with Gasteiger partial charge in [-0.05, 0) is 12.1 Å². The Morgan fingerprint density at radius 1 is 0.909 bits per heavy atom. The largest absolute Gasteiger partial charge is 0.507 e. The lowest BCUT2D eigenvalue weighted by molar-refractivity contribution is -0.277. The molecule has 11 heteroatoms. The van der Waals surface area contributed by atoms with Gasteiger partial charge in [0.15, 0.2) is 11.5 Å². The number of methoxy groups -OCH3 is 1. The molecule has 33 heavy (non-hydrogen) atoms. The Hall–Kier alpha value is -3.35. The van der Waals surface area contributed by atoms with Crippen LogP contribution in [0.5, 0.6) is 28.7 Å². The van der Waals surface area contributed by atoms with Crippen molar-refractivity contribution in [2.45, 2.75) is 30.7 Å². The van der Waals surface area contributed by atoms with Crippen LogP contribution in [0.2, 0.25) is 0 Å². The summed E-state index contributed by atoms with van der Waals surface area (Å²) in [7, 11) is 1.36. The van der Waals surface area contributed by atoms with E-state index in [4.69, 9.17) is 18.6 Å². The Bertz CT molecular complexity index is 1160. The highest BCUT2D eigenvalue weighted by Gasteiger charge is 2.45. The fourth-order valence-electron chi connectivity index (χ4n) is 3.58. The normalized spacial score (nSPS) is 25.2. The first-order chi connectivity index (χ1) is 15.7. The predicted octanol–water partition coefficient (Wildman–Crippen LogP) is 0.685. The first-order valence-electron chi connectivity index (χ1n) is 9.91. The zero-order valence-electron chi connectivity index (χ0n) is 17.3. The van der Waals surface area contributed by atoms with Crippen LogP contribution >= 0.6 is 0 Å². The minimum absolute atomic E-state index is 0.0442. The lowest BCUT2D eigenvalue weighted by Gasteiger charge is -2.39. The molecular formula is C22H23O11+. The first-order valence-corrected chi connectivity index (χ1v) is 9.91. The van der Waals surface area contributed by atoms with Crippen molar-refractivity contribution in [2.24, 2.45) is 0 Å². The zero-order chi connectivity index (χ0) is 23.9. The van der Waals surface area contributed by atoms with E-state index in [1.165, 1.54) is 37.4 Å². The van der Waals surface area contributed by atoms with Crippen LogP contribution in [0.1, 0.15) is 0 Å². The maximum absolute atomic E-state index is 10.4. The second-order valence-corrected chi connectivity index (χ2v) is 7.52. The SMILES string of the molecule is COc1cc(-c2[o+]c3cc(O)cc(O)c3cc2O[C@@H]2O[C@H](CO)[C@@H](O)[C@@H](O)[C@H]2O)ccc1O. The summed E-state index contributed by atoms with van der Waals surface area (Å²) in [6, 6.07) is 8.02. The number of aliphatic hydroxyl groups is 4. The maximum Gasteiger partial charge on any atom is 0.402 e. The summed E-state index contributed by atoms with van der Waals surface area (Å²) in [5, 5.41) is 70.0. The second-order valence-electron chi connectivity index (χ2n) is 7.52. The van der Waals surface area contributed by atoms with Crippen LogP contribution in [0, 0.1) is 0 Å². The number of aliphatic hydroxyl groups excluding tert-OH is 4. The van der Waals surface area contributed by atoms with E-state index < -0.39 is 37.3 Å². The predicted molar refractivity (Wildman–Crippen MR) is 112 cm³/mol. The van der Waals surface area contributed by atoms with Gasteiger partial charge in [-0.15, -0.1) is 0 Å². The van der Waals surface area contributed by atoms with E-state index in [2.05, 4.69) is 0 Å². The Balaban J connectivity index is 1.84. The molecule has 1 aliphatic rings. The van der Waals surface area contributed by atoms with E-state index in [9.17, 15) is 35.7 Å². The third kappa shape index (κ3) is 4.19. The topological polar surface area (TPSA) is 181 Å². The van der Waals surface area contributed by atoms with E-state index in [1.807, 2.05) is 0 Å². The standard InChI is InChI=1S/C22H22O11/c1-30-15-4-9(2-3-12(15)25)21-16(7-11-13(26)5-10(24)6-14(11)31-21)32-22-20(29)19(28)18(27)17(8-23)33-22/h2-7,17-20,22-23,27-29H,8H2,1H3,(H2-,24,25,26)/p+1/t17-,18-,19-,20-,22-/m1/s1. The Kier molecular flexibility index (Phi) is 6.15. The van der Waals surface area contributed by atoms with Crippen LogP contribution in [-0.2, 0) is 4.74 Å². The molecule has 5 atom stereocenters. The van der Waals surface area contributed by atoms with E-state index in [-0.39, 0.29) is 45.5 Å². The van der Waals surface area contributed by atoms with Crippen LogP contribution < -0.4 is 9.47 Å². The number of benzene rings is 2. The highest BCUT2D eigenvalue weighted by atomic mass is 16.7. The lowest BCUT2D eigenvalue weighted by atomic mass is 9.99. The molecule has 0 saturated carbocycles. The summed E-state index contributed by atoms with van der Waals surface area (Å²) < 4.78 is 22.2. The van der Waals surface area contributed by atoms with Crippen molar-refractivity contribution in [3.8, 4) is 40.1 Å². The molecule has 176 valence electrons. The Morgan fingerprint density at radius 3 is 2.36 bits per heavy atom. The number of rotatable bonds is 5. The minimum Gasteiger partial charge on any atom is -0.507 e. The van der Waals surface area contributed by atoms with E-state index >= 15 is 0 Å². The second kappa shape index (κ2) is 8.89. The summed E-state index contributed by atoms with van der Waals surface area (Å²) in [6.45, 7) is -0.644. The first kappa shape index (κ1) is 22.8. The molecular weight excluding hydrogens is 440 g/mol. The third-order valence-corrected chi connectivity index (χ3v) is 5.35. The molecule has 1 fully saturated rings. The average molecular weight is 463 g/mol. The molecule has 11 nitrogen and oxygen atoms in total. The van der Waals surface area contributed by atoms with Crippen molar-refractivity contribution in [1.29, 1.82) is 0 Å². The molecule has 1 aliphatic heterocycles. The summed E-state index contributed by atoms with van der Waals surface area (Å²) in [4.78, 5) is 0. The third-order valence-electron chi connectivity index (χ3n) is 5.35. The fourth-order valence-corrected chi connectivity index (χ4v) is 3.58. The van der Waals surface area contributed by atoms with Crippen LogP contribution in [-0.4, -0.2) is 80.2 Å². The Labute approximate surface area is 186 Å². The van der Waals surface area contributed by atoms with Gasteiger partial charge in [0.25, 0.3) is 0 Å². The molecule has 0 amide bonds.